The standard InChI is InChI=1S/C10H12N2O5.3C4H9.Sn/c1-3-6(2)8-4-7(11(14)15)5-9(10(8)13)12(16)17;3*1-3-4-2;/h4-6,13H,3H2,1-2H3;3*1,3-4H2,2H3;. The Labute approximate surface area is 188 Å². The molecule has 0 aromatic heterocycles. The van der Waals surface area contributed by atoms with Crippen molar-refractivity contribution in [3.05, 3.63) is 37.9 Å². The first-order valence-electron chi connectivity index (χ1n) is 11.2. The molecule has 1 aromatic rings. The van der Waals surface area contributed by atoms with Crippen LogP contribution in [0.2, 0.25) is 13.3 Å². The number of aromatic hydroxyl groups is 1. The van der Waals surface area contributed by atoms with E-state index in [0.717, 1.165) is 6.07 Å². The van der Waals surface area contributed by atoms with Crippen LogP contribution in [0.1, 0.15) is 91.0 Å². The van der Waals surface area contributed by atoms with Crippen molar-refractivity contribution in [3.8, 4) is 5.75 Å². The first-order valence-corrected chi connectivity index (χ1v) is 17.3. The van der Waals surface area contributed by atoms with Gasteiger partial charge in [-0.05, 0) is 12.3 Å². The summed E-state index contributed by atoms with van der Waals surface area (Å²) in [6, 6.07) is 1.94. The van der Waals surface area contributed by atoms with Crippen molar-refractivity contribution in [2.75, 3.05) is 0 Å². The van der Waals surface area contributed by atoms with E-state index in [1.807, 2.05) is 6.92 Å². The second kappa shape index (κ2) is 16.3. The molecule has 171 valence electrons. The second-order valence-corrected chi connectivity index (χ2v) is 16.3. The predicted octanol–water partition coefficient (Wildman–Crippen LogP) is 7.60. The molecule has 1 radical (unpaired) electrons. The number of nitro benzene ring substituents is 2. The minimum absolute atomic E-state index is 0.186. The fourth-order valence-corrected chi connectivity index (χ4v) is 12.6. The molecule has 0 saturated carbocycles. The van der Waals surface area contributed by atoms with E-state index in [9.17, 15) is 25.3 Å². The van der Waals surface area contributed by atoms with Gasteiger partial charge in [-0.2, -0.15) is 0 Å². The Balaban J connectivity index is 0.000000584. The number of hydrogen-bond donors (Lipinski definition) is 1. The molecule has 0 fully saturated rings. The maximum atomic E-state index is 10.7. The SMILES string of the molecule is CCC(C)c1cc([N+](=O)[O-])cc([N+](=O)[O-])c1O.CCC[CH2][Sn]([CH2]CCC)[CH2]CCC. The molecule has 0 heterocycles. The van der Waals surface area contributed by atoms with Gasteiger partial charge in [0.25, 0.3) is 5.69 Å². The average molecular weight is 530 g/mol. The van der Waals surface area contributed by atoms with Crippen LogP contribution in [-0.2, 0) is 0 Å². The van der Waals surface area contributed by atoms with Gasteiger partial charge in [-0.25, -0.2) is 0 Å². The van der Waals surface area contributed by atoms with E-state index < -0.39 is 41.0 Å². The van der Waals surface area contributed by atoms with Gasteiger partial charge in [0.15, 0.2) is 5.75 Å². The normalized spacial score (nSPS) is 11.7. The number of benzene rings is 1. The molecule has 0 bridgehead atoms. The van der Waals surface area contributed by atoms with Gasteiger partial charge in [0, 0.05) is 11.6 Å². The fraction of sp³-hybridized carbons (Fsp3) is 0.727. The Morgan fingerprint density at radius 2 is 1.37 bits per heavy atom. The Hall–Kier alpha value is -1.38. The molecule has 0 amide bonds. The van der Waals surface area contributed by atoms with Gasteiger partial charge < -0.3 is 5.11 Å². The third-order valence-corrected chi connectivity index (χ3v) is 14.4. The van der Waals surface area contributed by atoms with Crippen molar-refractivity contribution in [3.63, 3.8) is 0 Å². The average Bonchev–Trinajstić information content (AvgIpc) is 2.72. The van der Waals surface area contributed by atoms with Crippen LogP contribution in [0.3, 0.4) is 0 Å². The van der Waals surface area contributed by atoms with Crippen LogP contribution in [0.5, 0.6) is 5.75 Å². The van der Waals surface area contributed by atoms with Crippen LogP contribution >= 0.6 is 0 Å². The van der Waals surface area contributed by atoms with Crippen LogP contribution in [0.15, 0.2) is 12.1 Å². The number of non-ortho nitro benzene ring substituents is 1. The Bertz CT molecular complexity index is 636. The third-order valence-electron chi connectivity index (χ3n) is 5.31. The summed E-state index contributed by atoms with van der Waals surface area (Å²) in [6.45, 7) is 10.6. The van der Waals surface area contributed by atoms with Gasteiger partial charge in [-0.15, -0.1) is 0 Å². The topological polar surface area (TPSA) is 107 Å². The summed E-state index contributed by atoms with van der Waals surface area (Å²) >= 11 is -0.839. The van der Waals surface area contributed by atoms with Gasteiger partial charge in [-0.1, -0.05) is 13.8 Å². The summed E-state index contributed by atoms with van der Waals surface area (Å²) < 4.78 is 5.04. The summed E-state index contributed by atoms with van der Waals surface area (Å²) in [5.74, 6) is -0.677. The molecule has 0 saturated heterocycles. The monoisotopic (exact) mass is 531 g/mol. The summed E-state index contributed by atoms with van der Waals surface area (Å²) in [5, 5.41) is 31.0. The zero-order valence-corrected chi connectivity index (χ0v) is 22.1. The van der Waals surface area contributed by atoms with Crippen molar-refractivity contribution in [1.29, 1.82) is 0 Å². The van der Waals surface area contributed by atoms with Crippen LogP contribution in [0.25, 0.3) is 0 Å². The molecule has 0 aliphatic heterocycles. The van der Waals surface area contributed by atoms with Crippen LogP contribution in [-0.4, -0.2) is 34.7 Å². The van der Waals surface area contributed by atoms with E-state index in [0.29, 0.717) is 6.42 Å². The van der Waals surface area contributed by atoms with Crippen LogP contribution < -0.4 is 0 Å². The molecule has 1 N–H and O–H groups in total. The van der Waals surface area contributed by atoms with Crippen LogP contribution in [0, 0.1) is 20.2 Å². The second-order valence-electron chi connectivity index (χ2n) is 7.79. The van der Waals surface area contributed by atoms with E-state index in [2.05, 4.69) is 20.8 Å². The summed E-state index contributed by atoms with van der Waals surface area (Å²) in [4.78, 5) is 19.8. The minimum atomic E-state index is -0.839. The molecular formula is C22H39N2O5Sn. The number of phenolic OH excluding ortho intramolecular Hbond substituents is 1. The number of phenols is 1. The summed E-state index contributed by atoms with van der Waals surface area (Å²) in [5.41, 5.74) is -0.785. The van der Waals surface area contributed by atoms with Crippen molar-refractivity contribution in [2.45, 2.75) is 98.8 Å². The van der Waals surface area contributed by atoms with Crippen molar-refractivity contribution in [2.24, 2.45) is 0 Å². The molecule has 0 spiro atoms. The molecular weight excluding hydrogens is 491 g/mol. The van der Waals surface area contributed by atoms with E-state index >= 15 is 0 Å². The third kappa shape index (κ3) is 10.6. The van der Waals surface area contributed by atoms with E-state index in [1.54, 1.807) is 20.2 Å². The summed E-state index contributed by atoms with van der Waals surface area (Å²) in [6.07, 6.45) is 9.46. The van der Waals surface area contributed by atoms with Gasteiger partial charge in [-0.3, -0.25) is 20.2 Å². The zero-order chi connectivity index (χ0) is 23.1. The molecule has 30 heavy (non-hydrogen) atoms. The molecule has 1 unspecified atom stereocenters. The molecule has 1 aromatic carbocycles. The quantitative estimate of drug-likeness (QED) is 0.161. The molecule has 1 atom stereocenters. The van der Waals surface area contributed by atoms with Crippen molar-refractivity contribution in [1.82, 2.24) is 0 Å². The van der Waals surface area contributed by atoms with E-state index in [-0.39, 0.29) is 17.2 Å². The van der Waals surface area contributed by atoms with Crippen molar-refractivity contribution >= 4 is 31.1 Å². The Morgan fingerprint density at radius 3 is 1.70 bits per heavy atom. The molecule has 0 aliphatic carbocycles. The molecule has 8 heteroatoms. The van der Waals surface area contributed by atoms with Gasteiger partial charge >= 0.3 is 98.1 Å². The van der Waals surface area contributed by atoms with E-state index in [4.69, 9.17) is 0 Å². The number of rotatable bonds is 13. The molecule has 7 nitrogen and oxygen atoms in total. The fourth-order valence-electron chi connectivity index (χ4n) is 3.12. The van der Waals surface area contributed by atoms with Gasteiger partial charge in [0.2, 0.25) is 0 Å². The van der Waals surface area contributed by atoms with Crippen LogP contribution in [0.4, 0.5) is 11.4 Å². The predicted molar refractivity (Wildman–Crippen MR) is 125 cm³/mol. The Kier molecular flexibility index (Phi) is 15.6. The van der Waals surface area contributed by atoms with Crippen molar-refractivity contribution < 1.29 is 15.0 Å². The zero-order valence-electron chi connectivity index (χ0n) is 19.3. The van der Waals surface area contributed by atoms with E-state index in [1.165, 1.54) is 44.6 Å². The maximum absolute atomic E-state index is 10.7. The van der Waals surface area contributed by atoms with Gasteiger partial charge in [0.1, 0.15) is 0 Å². The first-order chi connectivity index (χ1) is 14.2. The van der Waals surface area contributed by atoms with Gasteiger partial charge in [0.05, 0.1) is 15.9 Å². The molecule has 0 aliphatic rings. The summed E-state index contributed by atoms with van der Waals surface area (Å²) in [7, 11) is 0. The Morgan fingerprint density at radius 1 is 0.900 bits per heavy atom. The first kappa shape index (κ1) is 28.6. The number of nitro groups is 2. The number of hydrogen-bond acceptors (Lipinski definition) is 5. The number of unbranched alkanes of at least 4 members (excludes halogenated alkanes) is 3. The molecule has 1 rings (SSSR count). The number of nitrogens with zero attached hydrogens (tertiary/aromatic N) is 2.